The number of piperidine rings is 1. The Morgan fingerprint density at radius 3 is 2.45 bits per heavy atom. The molecule has 4 rings (SSSR count). The summed E-state index contributed by atoms with van der Waals surface area (Å²) in [7, 11) is 0. The van der Waals surface area contributed by atoms with Gasteiger partial charge in [0.2, 0.25) is 5.91 Å². The van der Waals surface area contributed by atoms with Crippen molar-refractivity contribution in [3.63, 3.8) is 0 Å². The number of hydrogen-bond donors (Lipinski definition) is 1. The topological polar surface area (TPSA) is 63.1 Å². The summed E-state index contributed by atoms with van der Waals surface area (Å²) in [5.41, 5.74) is 1.98. The Morgan fingerprint density at radius 1 is 0.968 bits per heavy atom. The molecule has 8 heteroatoms. The second kappa shape index (κ2) is 10.9. The van der Waals surface area contributed by atoms with E-state index in [1.54, 1.807) is 0 Å². The van der Waals surface area contributed by atoms with Crippen LogP contribution in [0.4, 0.5) is 5.69 Å². The average molecular weight is 500 g/mol. The van der Waals surface area contributed by atoms with Crippen LogP contribution in [0.1, 0.15) is 30.7 Å². The molecule has 2 heterocycles. The molecule has 1 amide bonds. The number of rotatable bonds is 8. The molecule has 3 aromatic rings. The number of hydrogen-bond acceptors (Lipinski definition) is 5. The Labute approximate surface area is 195 Å². The molecule has 1 fully saturated rings. The normalized spacial score (nSPS) is 14.5. The maximum atomic E-state index is 12.5. The van der Waals surface area contributed by atoms with E-state index in [2.05, 4.69) is 53.0 Å². The molecule has 6 nitrogen and oxygen atoms in total. The van der Waals surface area contributed by atoms with E-state index in [-0.39, 0.29) is 11.7 Å². The highest BCUT2D eigenvalue weighted by molar-refractivity contribution is 9.10. The van der Waals surface area contributed by atoms with Gasteiger partial charge in [-0.15, -0.1) is 10.2 Å². The zero-order chi connectivity index (χ0) is 21.5. The Morgan fingerprint density at radius 2 is 1.71 bits per heavy atom. The Bertz CT molecular complexity index is 987. The van der Waals surface area contributed by atoms with Crippen molar-refractivity contribution in [2.75, 3.05) is 24.2 Å². The van der Waals surface area contributed by atoms with E-state index >= 15 is 0 Å². The number of halogens is 1. The Kier molecular flexibility index (Phi) is 7.77. The first-order chi connectivity index (χ1) is 15.2. The molecular formula is C23H26BrN5OS. The van der Waals surface area contributed by atoms with E-state index in [1.807, 2.05) is 42.5 Å². The predicted molar refractivity (Wildman–Crippen MR) is 128 cm³/mol. The average Bonchev–Trinajstić information content (AvgIpc) is 3.16. The molecule has 162 valence electrons. The monoisotopic (exact) mass is 499 g/mol. The van der Waals surface area contributed by atoms with Crippen LogP contribution in [0.25, 0.3) is 0 Å². The van der Waals surface area contributed by atoms with Gasteiger partial charge in [0.25, 0.3) is 0 Å². The molecule has 0 radical (unpaired) electrons. The highest BCUT2D eigenvalue weighted by atomic mass is 79.9. The number of aromatic nitrogens is 3. The van der Waals surface area contributed by atoms with Gasteiger partial charge in [-0.3, -0.25) is 9.69 Å². The highest BCUT2D eigenvalue weighted by Gasteiger charge is 2.18. The first-order valence-electron chi connectivity index (χ1n) is 10.5. The standard InChI is InChI=1S/C23H26BrN5OS/c24-19-9-11-20(12-10-19)25-22(30)17-31-23-27-26-21(16-28-13-5-2-6-14-28)29(23)15-18-7-3-1-4-8-18/h1,3-4,7-12H,2,5-6,13-17H2,(H,25,30). The van der Waals surface area contributed by atoms with E-state index in [9.17, 15) is 4.79 Å². The fourth-order valence-corrected chi connectivity index (χ4v) is 4.67. The van der Waals surface area contributed by atoms with Crippen LogP contribution in [0.2, 0.25) is 0 Å². The summed E-state index contributed by atoms with van der Waals surface area (Å²) in [6.07, 6.45) is 3.79. The molecule has 0 unspecified atom stereocenters. The van der Waals surface area contributed by atoms with Crippen LogP contribution < -0.4 is 5.32 Å². The van der Waals surface area contributed by atoms with Gasteiger partial charge >= 0.3 is 0 Å². The number of benzene rings is 2. The van der Waals surface area contributed by atoms with Crippen molar-refractivity contribution in [2.24, 2.45) is 0 Å². The Balaban J connectivity index is 1.45. The number of anilines is 1. The zero-order valence-corrected chi connectivity index (χ0v) is 19.7. The van der Waals surface area contributed by atoms with Gasteiger partial charge in [0.1, 0.15) is 5.82 Å². The van der Waals surface area contributed by atoms with Gasteiger partial charge in [-0.1, -0.05) is 64.4 Å². The first-order valence-corrected chi connectivity index (χ1v) is 12.3. The van der Waals surface area contributed by atoms with Crippen LogP contribution in [-0.2, 0) is 17.9 Å². The van der Waals surface area contributed by atoms with Crippen molar-refractivity contribution in [2.45, 2.75) is 37.5 Å². The number of nitrogens with zero attached hydrogens (tertiary/aromatic N) is 4. The maximum absolute atomic E-state index is 12.5. The lowest BCUT2D eigenvalue weighted by Crippen LogP contribution is -2.30. The van der Waals surface area contributed by atoms with Crippen LogP contribution in [-0.4, -0.2) is 44.4 Å². The van der Waals surface area contributed by atoms with E-state index in [4.69, 9.17) is 0 Å². The molecule has 0 saturated carbocycles. The molecule has 1 N–H and O–H groups in total. The van der Waals surface area contributed by atoms with Gasteiger partial charge in [-0.25, -0.2) is 0 Å². The van der Waals surface area contributed by atoms with Gasteiger partial charge in [0, 0.05) is 10.2 Å². The second-order valence-corrected chi connectivity index (χ2v) is 9.51. The molecule has 0 aliphatic carbocycles. The quantitative estimate of drug-likeness (QED) is 0.450. The molecular weight excluding hydrogens is 474 g/mol. The van der Waals surface area contributed by atoms with Crippen molar-refractivity contribution in [3.8, 4) is 0 Å². The molecule has 2 aromatic carbocycles. The number of carbonyl (C=O) groups is 1. The van der Waals surface area contributed by atoms with E-state index < -0.39 is 0 Å². The molecule has 1 aromatic heterocycles. The molecule has 31 heavy (non-hydrogen) atoms. The lowest BCUT2D eigenvalue weighted by atomic mass is 10.1. The molecule has 1 saturated heterocycles. The van der Waals surface area contributed by atoms with Crippen molar-refractivity contribution in [3.05, 3.63) is 70.5 Å². The number of thioether (sulfide) groups is 1. The second-order valence-electron chi connectivity index (χ2n) is 7.65. The number of carbonyl (C=O) groups excluding carboxylic acids is 1. The zero-order valence-electron chi connectivity index (χ0n) is 17.3. The van der Waals surface area contributed by atoms with Crippen LogP contribution in [0, 0.1) is 0 Å². The fraction of sp³-hybridized carbons (Fsp3) is 0.348. The third-order valence-corrected chi connectivity index (χ3v) is 6.75. The molecule has 0 atom stereocenters. The summed E-state index contributed by atoms with van der Waals surface area (Å²) >= 11 is 4.84. The lowest BCUT2D eigenvalue weighted by Gasteiger charge is -2.26. The van der Waals surface area contributed by atoms with E-state index in [0.717, 1.165) is 40.8 Å². The molecule has 0 bridgehead atoms. The lowest BCUT2D eigenvalue weighted by molar-refractivity contribution is -0.113. The highest BCUT2D eigenvalue weighted by Crippen LogP contribution is 2.22. The van der Waals surface area contributed by atoms with Crippen molar-refractivity contribution < 1.29 is 4.79 Å². The van der Waals surface area contributed by atoms with Gasteiger partial charge in [-0.2, -0.15) is 0 Å². The van der Waals surface area contributed by atoms with Crippen molar-refractivity contribution in [1.29, 1.82) is 0 Å². The molecule has 0 spiro atoms. The largest absolute Gasteiger partial charge is 0.325 e. The minimum Gasteiger partial charge on any atom is -0.325 e. The summed E-state index contributed by atoms with van der Waals surface area (Å²) in [6, 6.07) is 17.9. The SMILES string of the molecule is O=C(CSc1nnc(CN2CCCCC2)n1Cc1ccccc1)Nc1ccc(Br)cc1. The van der Waals surface area contributed by atoms with Gasteiger partial charge in [-0.05, 0) is 55.8 Å². The van der Waals surface area contributed by atoms with Crippen LogP contribution >= 0.6 is 27.7 Å². The summed E-state index contributed by atoms with van der Waals surface area (Å²) in [6.45, 7) is 3.71. The fourth-order valence-electron chi connectivity index (χ4n) is 3.65. The minimum absolute atomic E-state index is 0.0563. The molecule has 1 aliphatic rings. The van der Waals surface area contributed by atoms with Crippen LogP contribution in [0.5, 0.6) is 0 Å². The summed E-state index contributed by atoms with van der Waals surface area (Å²) in [5.74, 6) is 1.19. The van der Waals surface area contributed by atoms with Crippen molar-refractivity contribution >= 4 is 39.3 Å². The molecule has 1 aliphatic heterocycles. The van der Waals surface area contributed by atoms with E-state index in [0.29, 0.717) is 6.54 Å². The summed E-state index contributed by atoms with van der Waals surface area (Å²) < 4.78 is 3.14. The number of nitrogens with one attached hydrogen (secondary N) is 1. The summed E-state index contributed by atoms with van der Waals surface area (Å²) in [5, 5.41) is 12.6. The van der Waals surface area contributed by atoms with Crippen molar-refractivity contribution in [1.82, 2.24) is 19.7 Å². The minimum atomic E-state index is -0.0563. The third-order valence-electron chi connectivity index (χ3n) is 5.25. The van der Waals surface area contributed by atoms with Gasteiger partial charge < -0.3 is 9.88 Å². The van der Waals surface area contributed by atoms with E-state index in [1.165, 1.54) is 36.6 Å². The predicted octanol–water partition coefficient (Wildman–Crippen LogP) is 4.81. The van der Waals surface area contributed by atoms with Crippen LogP contribution in [0.3, 0.4) is 0 Å². The van der Waals surface area contributed by atoms with Gasteiger partial charge in [0.05, 0.1) is 18.8 Å². The maximum Gasteiger partial charge on any atom is 0.234 e. The number of amides is 1. The first kappa shape index (κ1) is 22.0. The third kappa shape index (κ3) is 6.41. The van der Waals surface area contributed by atoms with Gasteiger partial charge in [0.15, 0.2) is 5.16 Å². The van der Waals surface area contributed by atoms with Crippen LogP contribution in [0.15, 0.2) is 64.2 Å². The number of likely N-dealkylation sites (tertiary alicyclic amines) is 1. The Hall–Kier alpha value is -2.16. The smallest absolute Gasteiger partial charge is 0.234 e. The summed E-state index contributed by atoms with van der Waals surface area (Å²) in [4.78, 5) is 14.9.